The summed E-state index contributed by atoms with van der Waals surface area (Å²) in [5.41, 5.74) is 0.459. The van der Waals surface area contributed by atoms with E-state index in [1.165, 1.54) is 14.2 Å². The van der Waals surface area contributed by atoms with Gasteiger partial charge >= 0.3 is 5.97 Å². The molecule has 0 aliphatic carbocycles. The smallest absolute Gasteiger partial charge is 0.307 e. The second-order valence-electron chi connectivity index (χ2n) is 4.53. The Kier molecular flexibility index (Phi) is 7.59. The van der Waals surface area contributed by atoms with Gasteiger partial charge in [0.05, 0.1) is 26.3 Å². The fraction of sp³-hybridized carbons (Fsp3) is 0.467. The van der Waals surface area contributed by atoms with Gasteiger partial charge in [-0.1, -0.05) is 6.92 Å². The van der Waals surface area contributed by atoms with Crippen LogP contribution in [-0.2, 0) is 14.3 Å². The number of hydrogen-bond donors (Lipinski definition) is 1. The molecule has 1 atom stereocenters. The van der Waals surface area contributed by atoms with Crippen molar-refractivity contribution in [2.75, 3.05) is 32.4 Å². The van der Waals surface area contributed by atoms with E-state index in [-0.39, 0.29) is 18.3 Å². The molecule has 0 aliphatic heterocycles. The summed E-state index contributed by atoms with van der Waals surface area (Å²) in [5, 5.41) is 2.79. The Balaban J connectivity index is 2.56. The molecule has 6 nitrogen and oxygen atoms in total. The Morgan fingerprint density at radius 3 is 2.59 bits per heavy atom. The summed E-state index contributed by atoms with van der Waals surface area (Å²) < 4.78 is 15.2. The molecule has 1 N–H and O–H groups in total. The Hall–Kier alpha value is -1.89. The molecule has 0 aliphatic rings. The minimum absolute atomic E-state index is 0.161. The fourth-order valence-corrected chi connectivity index (χ4v) is 1.92. The van der Waals surface area contributed by atoms with Crippen LogP contribution in [0.15, 0.2) is 18.2 Å². The number of carbonyl (C=O) groups is 2. The van der Waals surface area contributed by atoms with E-state index < -0.39 is 11.9 Å². The van der Waals surface area contributed by atoms with Crippen LogP contribution >= 0.6 is 11.8 Å². The minimum atomic E-state index is -0.434. The van der Waals surface area contributed by atoms with E-state index in [2.05, 4.69) is 5.32 Å². The zero-order valence-electron chi connectivity index (χ0n) is 13.2. The maximum atomic E-state index is 11.9. The van der Waals surface area contributed by atoms with E-state index in [0.717, 1.165) is 0 Å². The Morgan fingerprint density at radius 1 is 1.27 bits per heavy atom. The monoisotopic (exact) mass is 327 g/mol. The van der Waals surface area contributed by atoms with Crippen molar-refractivity contribution in [1.29, 1.82) is 0 Å². The average molecular weight is 327 g/mol. The summed E-state index contributed by atoms with van der Waals surface area (Å²) in [7, 11) is 3.03. The molecule has 1 aromatic carbocycles. The van der Waals surface area contributed by atoms with Crippen molar-refractivity contribution in [3.05, 3.63) is 18.2 Å². The maximum absolute atomic E-state index is 11.9. The molecular formula is C15H21NO5S. The van der Waals surface area contributed by atoms with Gasteiger partial charge in [-0.25, -0.2) is 0 Å². The van der Waals surface area contributed by atoms with Gasteiger partial charge in [0.2, 0.25) is 0 Å². The lowest BCUT2D eigenvalue weighted by atomic mass is 10.2. The first-order chi connectivity index (χ1) is 10.5. The standard InChI is InChI=1S/C15H21NO5S/c1-10(22-4)7-15(18)21-9-14(17)16-12-8-11(19-2)5-6-13(12)20-3/h5-6,8,10H,7,9H2,1-4H3,(H,16,17)/t10-/m0/s1. The highest BCUT2D eigenvalue weighted by molar-refractivity contribution is 7.99. The molecule has 1 aromatic rings. The van der Waals surface area contributed by atoms with Gasteiger partial charge in [-0.05, 0) is 18.4 Å². The topological polar surface area (TPSA) is 73.9 Å². The van der Waals surface area contributed by atoms with Crippen molar-refractivity contribution in [2.24, 2.45) is 0 Å². The number of rotatable bonds is 8. The molecule has 1 amide bonds. The fourth-order valence-electron chi connectivity index (χ4n) is 1.62. The predicted octanol–water partition coefficient (Wildman–Crippen LogP) is 2.33. The number of hydrogen-bond acceptors (Lipinski definition) is 6. The molecule has 0 bridgehead atoms. The molecule has 22 heavy (non-hydrogen) atoms. The SMILES string of the molecule is COc1ccc(OC)c(NC(=O)COC(=O)C[C@H](C)SC)c1. The first kappa shape index (κ1) is 18.2. The van der Waals surface area contributed by atoms with Gasteiger partial charge in [-0.15, -0.1) is 0 Å². The van der Waals surface area contributed by atoms with E-state index in [9.17, 15) is 9.59 Å². The van der Waals surface area contributed by atoms with Gasteiger partial charge in [0.15, 0.2) is 6.61 Å². The van der Waals surface area contributed by atoms with E-state index in [1.54, 1.807) is 30.0 Å². The average Bonchev–Trinajstić information content (AvgIpc) is 2.52. The van der Waals surface area contributed by atoms with E-state index >= 15 is 0 Å². The molecule has 0 radical (unpaired) electrons. The Labute approximate surface area is 134 Å². The summed E-state index contributed by atoms with van der Waals surface area (Å²) in [5.74, 6) is 0.254. The number of ether oxygens (including phenoxy) is 3. The number of methoxy groups -OCH3 is 2. The molecular weight excluding hydrogens is 306 g/mol. The number of nitrogens with one attached hydrogen (secondary N) is 1. The van der Waals surface area contributed by atoms with Gasteiger partial charge in [0.25, 0.3) is 5.91 Å². The number of benzene rings is 1. The highest BCUT2D eigenvalue weighted by Crippen LogP contribution is 2.28. The van der Waals surface area contributed by atoms with Crippen molar-refractivity contribution in [3.63, 3.8) is 0 Å². The normalized spacial score (nSPS) is 11.5. The number of amides is 1. The van der Waals surface area contributed by atoms with Gasteiger partial charge in [-0.2, -0.15) is 11.8 Å². The predicted molar refractivity (Wildman–Crippen MR) is 86.7 cm³/mol. The maximum Gasteiger partial charge on any atom is 0.307 e. The number of anilines is 1. The van der Waals surface area contributed by atoms with Crippen LogP contribution in [0.3, 0.4) is 0 Å². The third-order valence-corrected chi connectivity index (χ3v) is 3.87. The lowest BCUT2D eigenvalue weighted by molar-refractivity contribution is -0.147. The Morgan fingerprint density at radius 2 is 2.00 bits per heavy atom. The van der Waals surface area contributed by atoms with Crippen LogP contribution in [0, 0.1) is 0 Å². The number of thioether (sulfide) groups is 1. The van der Waals surface area contributed by atoms with Crippen LogP contribution in [0.5, 0.6) is 11.5 Å². The van der Waals surface area contributed by atoms with E-state index in [1.807, 2.05) is 13.2 Å². The molecule has 7 heteroatoms. The summed E-state index contributed by atoms with van der Waals surface area (Å²) >= 11 is 1.57. The van der Waals surface area contributed by atoms with Gasteiger partial charge in [-0.3, -0.25) is 9.59 Å². The number of carbonyl (C=O) groups excluding carboxylic acids is 2. The van der Waals surface area contributed by atoms with Crippen LogP contribution in [0.25, 0.3) is 0 Å². The molecule has 122 valence electrons. The van der Waals surface area contributed by atoms with Gasteiger partial charge in [0, 0.05) is 11.3 Å². The van der Waals surface area contributed by atoms with Crippen LogP contribution < -0.4 is 14.8 Å². The number of esters is 1. The first-order valence-corrected chi connectivity index (χ1v) is 7.99. The highest BCUT2D eigenvalue weighted by atomic mass is 32.2. The third-order valence-electron chi connectivity index (χ3n) is 2.90. The van der Waals surface area contributed by atoms with Crippen LogP contribution in [0.4, 0.5) is 5.69 Å². The zero-order valence-corrected chi connectivity index (χ0v) is 14.0. The molecule has 0 saturated heterocycles. The second-order valence-corrected chi connectivity index (χ2v) is 5.80. The molecule has 0 aromatic heterocycles. The minimum Gasteiger partial charge on any atom is -0.497 e. The zero-order chi connectivity index (χ0) is 16.5. The quantitative estimate of drug-likeness (QED) is 0.739. The molecule has 0 fully saturated rings. The van der Waals surface area contributed by atoms with E-state index in [4.69, 9.17) is 14.2 Å². The van der Waals surface area contributed by atoms with Crippen molar-refractivity contribution in [1.82, 2.24) is 0 Å². The van der Waals surface area contributed by atoms with Crippen molar-refractivity contribution < 1.29 is 23.8 Å². The highest BCUT2D eigenvalue weighted by Gasteiger charge is 2.13. The van der Waals surface area contributed by atoms with Crippen molar-refractivity contribution in [2.45, 2.75) is 18.6 Å². The summed E-state index contributed by atoms with van der Waals surface area (Å²) in [6.07, 6.45) is 2.19. The lowest BCUT2D eigenvalue weighted by Crippen LogP contribution is -2.22. The second kappa shape index (κ2) is 9.19. The largest absolute Gasteiger partial charge is 0.497 e. The van der Waals surface area contributed by atoms with Gasteiger partial charge < -0.3 is 19.5 Å². The summed E-state index contributed by atoms with van der Waals surface area (Å²) in [6.45, 7) is 1.59. The molecule has 0 unspecified atom stereocenters. The Bertz CT molecular complexity index is 521. The first-order valence-electron chi connectivity index (χ1n) is 6.70. The molecule has 0 heterocycles. The van der Waals surface area contributed by atoms with Crippen LogP contribution in [0.2, 0.25) is 0 Å². The summed E-state index contributed by atoms with van der Waals surface area (Å²) in [4.78, 5) is 23.4. The summed E-state index contributed by atoms with van der Waals surface area (Å²) in [6, 6.07) is 5.03. The van der Waals surface area contributed by atoms with Crippen molar-refractivity contribution >= 4 is 29.3 Å². The van der Waals surface area contributed by atoms with Crippen LogP contribution in [-0.4, -0.2) is 44.2 Å². The van der Waals surface area contributed by atoms with E-state index in [0.29, 0.717) is 17.2 Å². The van der Waals surface area contributed by atoms with Crippen LogP contribution in [0.1, 0.15) is 13.3 Å². The molecule has 0 spiro atoms. The molecule has 0 saturated carbocycles. The van der Waals surface area contributed by atoms with Crippen molar-refractivity contribution in [3.8, 4) is 11.5 Å². The van der Waals surface area contributed by atoms with Gasteiger partial charge in [0.1, 0.15) is 11.5 Å². The molecule has 1 rings (SSSR count). The third kappa shape index (κ3) is 5.85. The lowest BCUT2D eigenvalue weighted by Gasteiger charge is -2.12.